The first-order valence-electron chi connectivity index (χ1n) is 7.25. The van der Waals surface area contributed by atoms with Gasteiger partial charge in [-0.3, -0.25) is 0 Å². The fourth-order valence-electron chi connectivity index (χ4n) is 1.89. The van der Waals surface area contributed by atoms with Gasteiger partial charge in [0, 0.05) is 5.57 Å². The van der Waals surface area contributed by atoms with Crippen molar-refractivity contribution in [2.75, 3.05) is 0 Å². The molecule has 0 aromatic rings. The van der Waals surface area contributed by atoms with Gasteiger partial charge < -0.3 is 5.11 Å². The van der Waals surface area contributed by atoms with Crippen LogP contribution in [0, 0.1) is 0 Å². The summed E-state index contributed by atoms with van der Waals surface area (Å²) in [6.07, 6.45) is 16.5. The summed E-state index contributed by atoms with van der Waals surface area (Å²) in [6, 6.07) is 0. The minimum atomic E-state index is -0.790. The van der Waals surface area contributed by atoms with Crippen molar-refractivity contribution < 1.29 is 9.90 Å². The maximum Gasteiger partial charge on any atom is 0.331 e. The number of hydrogen-bond acceptors (Lipinski definition) is 1. The van der Waals surface area contributed by atoms with Crippen LogP contribution in [0.5, 0.6) is 0 Å². The van der Waals surface area contributed by atoms with Gasteiger partial charge in [-0.25, -0.2) is 4.79 Å². The van der Waals surface area contributed by atoms with E-state index in [0.717, 1.165) is 12.8 Å². The molecule has 2 heteroatoms. The molecular formula is C16H28O2. The van der Waals surface area contributed by atoms with Crippen LogP contribution in [0.25, 0.3) is 0 Å². The predicted molar refractivity (Wildman–Crippen MR) is 77.8 cm³/mol. The summed E-state index contributed by atoms with van der Waals surface area (Å²) in [7, 11) is 0. The van der Waals surface area contributed by atoms with E-state index >= 15 is 0 Å². The summed E-state index contributed by atoms with van der Waals surface area (Å²) in [5.41, 5.74) is 0.513. The van der Waals surface area contributed by atoms with Gasteiger partial charge in [-0.1, -0.05) is 57.3 Å². The molecular weight excluding hydrogens is 224 g/mol. The summed E-state index contributed by atoms with van der Waals surface area (Å²) in [5.74, 6) is -0.790. The van der Waals surface area contributed by atoms with E-state index in [1.165, 1.54) is 38.5 Å². The molecule has 0 aromatic carbocycles. The molecule has 0 spiro atoms. The Kier molecular flexibility index (Phi) is 11.7. The van der Waals surface area contributed by atoms with Crippen molar-refractivity contribution >= 4 is 5.97 Å². The van der Waals surface area contributed by atoms with Crippen LogP contribution in [0.1, 0.15) is 71.6 Å². The fourth-order valence-corrected chi connectivity index (χ4v) is 1.89. The first-order chi connectivity index (χ1) is 8.72. The van der Waals surface area contributed by atoms with E-state index in [4.69, 9.17) is 5.11 Å². The first-order valence-corrected chi connectivity index (χ1v) is 7.25. The van der Waals surface area contributed by atoms with Crippen molar-refractivity contribution in [3.05, 3.63) is 23.8 Å². The van der Waals surface area contributed by atoms with Gasteiger partial charge in [0.1, 0.15) is 0 Å². The lowest BCUT2D eigenvalue weighted by Gasteiger charge is -1.99. The molecule has 1 N–H and O–H groups in total. The van der Waals surface area contributed by atoms with Gasteiger partial charge in [0.25, 0.3) is 0 Å². The maximum atomic E-state index is 10.7. The van der Waals surface area contributed by atoms with Crippen molar-refractivity contribution in [3.63, 3.8) is 0 Å². The monoisotopic (exact) mass is 252 g/mol. The highest BCUT2D eigenvalue weighted by molar-refractivity contribution is 5.86. The third kappa shape index (κ3) is 10.1. The van der Waals surface area contributed by atoms with Crippen molar-refractivity contribution in [2.24, 2.45) is 0 Å². The number of rotatable bonds is 11. The Morgan fingerprint density at radius 2 is 1.61 bits per heavy atom. The van der Waals surface area contributed by atoms with Gasteiger partial charge in [0.15, 0.2) is 0 Å². The third-order valence-electron chi connectivity index (χ3n) is 3.09. The Morgan fingerprint density at radius 1 is 1.00 bits per heavy atom. The molecule has 0 saturated heterocycles. The zero-order valence-electron chi connectivity index (χ0n) is 12.0. The van der Waals surface area contributed by atoms with Crippen LogP contribution < -0.4 is 0 Å². The molecule has 0 rings (SSSR count). The van der Waals surface area contributed by atoms with E-state index in [-0.39, 0.29) is 0 Å². The van der Waals surface area contributed by atoms with Crippen LogP contribution in [-0.4, -0.2) is 11.1 Å². The molecule has 0 unspecified atom stereocenters. The molecule has 0 bridgehead atoms. The first kappa shape index (κ1) is 16.9. The molecule has 2 nitrogen and oxygen atoms in total. The number of allylic oxidation sites excluding steroid dienone is 3. The van der Waals surface area contributed by atoms with Gasteiger partial charge in [-0.05, 0) is 32.6 Å². The Hall–Kier alpha value is -1.05. The molecule has 0 radical (unpaired) electrons. The minimum absolute atomic E-state index is 0.513. The lowest BCUT2D eigenvalue weighted by molar-refractivity contribution is -0.132. The molecule has 104 valence electrons. The highest BCUT2D eigenvalue weighted by Crippen LogP contribution is 2.09. The fraction of sp³-hybridized carbons (Fsp3) is 0.688. The average Bonchev–Trinajstić information content (AvgIpc) is 2.35. The highest BCUT2D eigenvalue weighted by atomic mass is 16.4. The smallest absolute Gasteiger partial charge is 0.331 e. The summed E-state index contributed by atoms with van der Waals surface area (Å²) >= 11 is 0. The Labute approximate surface area is 112 Å². The van der Waals surface area contributed by atoms with E-state index in [9.17, 15) is 4.79 Å². The van der Waals surface area contributed by atoms with Gasteiger partial charge in [0.05, 0.1) is 0 Å². The summed E-state index contributed by atoms with van der Waals surface area (Å²) in [5, 5.41) is 8.82. The van der Waals surface area contributed by atoms with Crippen LogP contribution in [0.3, 0.4) is 0 Å². The number of aliphatic carboxylic acids is 1. The molecule has 0 atom stereocenters. The molecule has 0 aliphatic heterocycles. The van der Waals surface area contributed by atoms with Crippen molar-refractivity contribution in [3.8, 4) is 0 Å². The van der Waals surface area contributed by atoms with E-state index in [1.807, 2.05) is 0 Å². The quantitative estimate of drug-likeness (QED) is 0.315. The van der Waals surface area contributed by atoms with Crippen molar-refractivity contribution in [1.82, 2.24) is 0 Å². The largest absolute Gasteiger partial charge is 0.478 e. The number of carboxylic acid groups (broad SMARTS) is 1. The van der Waals surface area contributed by atoms with E-state index in [0.29, 0.717) is 12.0 Å². The van der Waals surface area contributed by atoms with Crippen LogP contribution in [0.2, 0.25) is 0 Å². The SMILES string of the molecule is CC=C(CCC=CCCCCCCCC)C(=O)O. The van der Waals surface area contributed by atoms with E-state index in [2.05, 4.69) is 19.1 Å². The summed E-state index contributed by atoms with van der Waals surface area (Å²) < 4.78 is 0. The van der Waals surface area contributed by atoms with Crippen LogP contribution >= 0.6 is 0 Å². The Balaban J connectivity index is 3.41. The van der Waals surface area contributed by atoms with E-state index in [1.54, 1.807) is 13.0 Å². The lowest BCUT2D eigenvalue weighted by atomic mass is 10.1. The van der Waals surface area contributed by atoms with Gasteiger partial charge >= 0.3 is 5.97 Å². The molecule has 0 amide bonds. The molecule has 0 saturated carbocycles. The average molecular weight is 252 g/mol. The minimum Gasteiger partial charge on any atom is -0.478 e. The standard InChI is InChI=1S/C16H28O2/c1-3-5-6-7-8-9-10-11-12-13-14-15(4-2)16(17)18/h4,11-12H,3,5-10,13-14H2,1-2H3,(H,17,18). The molecule has 0 heterocycles. The Bertz CT molecular complexity index is 264. The normalized spacial score (nSPS) is 12.2. The second kappa shape index (κ2) is 12.4. The zero-order chi connectivity index (χ0) is 13.6. The third-order valence-corrected chi connectivity index (χ3v) is 3.09. The van der Waals surface area contributed by atoms with Crippen molar-refractivity contribution in [2.45, 2.75) is 71.6 Å². The lowest BCUT2D eigenvalue weighted by Crippen LogP contribution is -1.99. The molecule has 18 heavy (non-hydrogen) atoms. The topological polar surface area (TPSA) is 37.3 Å². The predicted octanol–water partition coefficient (Wildman–Crippen LogP) is 5.10. The Morgan fingerprint density at radius 3 is 2.22 bits per heavy atom. The van der Waals surface area contributed by atoms with Crippen LogP contribution in [0.15, 0.2) is 23.8 Å². The number of hydrogen-bond donors (Lipinski definition) is 1. The number of unbranched alkanes of at least 4 members (excludes halogenated alkanes) is 6. The summed E-state index contributed by atoms with van der Waals surface area (Å²) in [6.45, 7) is 4.02. The molecule has 0 aliphatic rings. The number of carboxylic acids is 1. The second-order valence-corrected chi connectivity index (χ2v) is 4.69. The van der Waals surface area contributed by atoms with Crippen LogP contribution in [-0.2, 0) is 4.79 Å². The van der Waals surface area contributed by atoms with Gasteiger partial charge in [-0.2, -0.15) is 0 Å². The van der Waals surface area contributed by atoms with Gasteiger partial charge in [0.2, 0.25) is 0 Å². The molecule has 0 fully saturated rings. The second-order valence-electron chi connectivity index (χ2n) is 4.69. The summed E-state index contributed by atoms with van der Waals surface area (Å²) in [4.78, 5) is 10.7. The van der Waals surface area contributed by atoms with Crippen molar-refractivity contribution in [1.29, 1.82) is 0 Å². The zero-order valence-corrected chi connectivity index (χ0v) is 12.0. The molecule has 0 aromatic heterocycles. The number of carbonyl (C=O) groups is 1. The van der Waals surface area contributed by atoms with E-state index < -0.39 is 5.97 Å². The molecule has 0 aliphatic carbocycles. The van der Waals surface area contributed by atoms with Gasteiger partial charge in [-0.15, -0.1) is 0 Å². The highest BCUT2D eigenvalue weighted by Gasteiger charge is 2.02. The maximum absolute atomic E-state index is 10.7. The van der Waals surface area contributed by atoms with Crippen LogP contribution in [0.4, 0.5) is 0 Å².